The molecular formula is C63H46N2. The molecule has 0 spiro atoms. The largest absolute Gasteiger partial charge is 0.310 e. The molecule has 0 bridgehead atoms. The molecule has 1 aliphatic rings. The number of fused-ring (bicyclic) bond motifs is 6. The summed E-state index contributed by atoms with van der Waals surface area (Å²) < 4.78 is 2.46. The molecule has 2 heteroatoms. The highest BCUT2D eigenvalue weighted by Crippen LogP contribution is 2.52. The fourth-order valence-corrected chi connectivity index (χ4v) is 10.4. The van der Waals surface area contributed by atoms with Gasteiger partial charge in [-0.3, -0.25) is 0 Å². The van der Waals surface area contributed by atoms with Crippen LogP contribution in [0.15, 0.2) is 243 Å². The molecule has 0 amide bonds. The van der Waals surface area contributed by atoms with Gasteiger partial charge in [-0.15, -0.1) is 0 Å². The number of hydrogen-bond donors (Lipinski definition) is 0. The Balaban J connectivity index is 0.940. The van der Waals surface area contributed by atoms with Crippen LogP contribution in [0.2, 0.25) is 0 Å². The molecular weight excluding hydrogens is 785 g/mol. The maximum absolute atomic E-state index is 2.46. The molecule has 10 aromatic carbocycles. The van der Waals surface area contributed by atoms with Crippen LogP contribution in [-0.2, 0) is 5.41 Å². The fourth-order valence-electron chi connectivity index (χ4n) is 10.4. The highest BCUT2D eigenvalue weighted by Gasteiger charge is 2.36. The molecule has 12 rings (SSSR count). The maximum atomic E-state index is 2.46. The summed E-state index contributed by atoms with van der Waals surface area (Å²) in [4.78, 5) is 2.39. The van der Waals surface area contributed by atoms with Crippen molar-refractivity contribution in [3.05, 3.63) is 254 Å². The van der Waals surface area contributed by atoms with Crippen LogP contribution in [0.25, 0.3) is 83.1 Å². The Kier molecular flexibility index (Phi) is 9.21. The number of para-hydroxylation sites is 3. The quantitative estimate of drug-likeness (QED) is 0.148. The summed E-state index contributed by atoms with van der Waals surface area (Å²) in [5.41, 5.74) is 21.8. The third-order valence-electron chi connectivity index (χ3n) is 13.6. The second-order valence-electron chi connectivity index (χ2n) is 17.7. The van der Waals surface area contributed by atoms with Gasteiger partial charge in [0.2, 0.25) is 0 Å². The van der Waals surface area contributed by atoms with Crippen LogP contribution < -0.4 is 4.90 Å². The van der Waals surface area contributed by atoms with Crippen molar-refractivity contribution >= 4 is 38.9 Å². The van der Waals surface area contributed by atoms with Gasteiger partial charge < -0.3 is 9.47 Å². The predicted molar refractivity (Wildman–Crippen MR) is 275 cm³/mol. The van der Waals surface area contributed by atoms with E-state index in [1.54, 1.807) is 0 Å². The van der Waals surface area contributed by atoms with Gasteiger partial charge in [-0.2, -0.15) is 0 Å². The number of rotatable bonds is 8. The molecule has 0 atom stereocenters. The summed E-state index contributed by atoms with van der Waals surface area (Å²) in [6.07, 6.45) is 0. The highest BCUT2D eigenvalue weighted by molar-refractivity contribution is 6.16. The van der Waals surface area contributed by atoms with Crippen LogP contribution >= 0.6 is 0 Å². The predicted octanol–water partition coefficient (Wildman–Crippen LogP) is 17.2. The number of hydrogen-bond acceptors (Lipinski definition) is 1. The zero-order valence-corrected chi connectivity index (χ0v) is 36.5. The van der Waals surface area contributed by atoms with E-state index in [-0.39, 0.29) is 5.41 Å². The Morgan fingerprint density at radius 1 is 0.323 bits per heavy atom. The zero-order chi connectivity index (χ0) is 43.5. The van der Waals surface area contributed by atoms with E-state index in [9.17, 15) is 0 Å². The molecule has 0 aliphatic heterocycles. The Morgan fingerprint density at radius 2 is 0.831 bits per heavy atom. The van der Waals surface area contributed by atoms with Crippen molar-refractivity contribution in [1.29, 1.82) is 0 Å². The summed E-state index contributed by atoms with van der Waals surface area (Å²) in [5.74, 6) is 0. The summed E-state index contributed by atoms with van der Waals surface area (Å²) in [6, 6.07) is 88.7. The molecule has 0 fully saturated rings. The molecule has 0 radical (unpaired) electrons. The van der Waals surface area contributed by atoms with Crippen molar-refractivity contribution in [3.8, 4) is 61.3 Å². The first-order valence-corrected chi connectivity index (χ1v) is 22.6. The first kappa shape index (κ1) is 38.5. The van der Waals surface area contributed by atoms with Crippen molar-refractivity contribution in [2.75, 3.05) is 4.90 Å². The minimum absolute atomic E-state index is 0.166. The van der Waals surface area contributed by atoms with E-state index >= 15 is 0 Å². The third-order valence-corrected chi connectivity index (χ3v) is 13.6. The van der Waals surface area contributed by atoms with Crippen LogP contribution in [0.1, 0.15) is 25.0 Å². The Hall–Kier alpha value is -8.20. The van der Waals surface area contributed by atoms with Gasteiger partial charge >= 0.3 is 0 Å². The molecule has 1 heterocycles. The van der Waals surface area contributed by atoms with Crippen LogP contribution in [0.3, 0.4) is 0 Å². The summed E-state index contributed by atoms with van der Waals surface area (Å²) >= 11 is 0. The van der Waals surface area contributed by atoms with Gasteiger partial charge in [0.15, 0.2) is 0 Å². The van der Waals surface area contributed by atoms with Crippen LogP contribution in [-0.4, -0.2) is 4.57 Å². The van der Waals surface area contributed by atoms with E-state index in [1.165, 1.54) is 83.0 Å². The average molecular weight is 831 g/mol. The molecule has 0 N–H and O–H groups in total. The van der Waals surface area contributed by atoms with Crippen molar-refractivity contribution in [2.24, 2.45) is 0 Å². The Morgan fingerprint density at radius 3 is 1.58 bits per heavy atom. The minimum atomic E-state index is -0.166. The first-order valence-electron chi connectivity index (χ1n) is 22.6. The van der Waals surface area contributed by atoms with Gasteiger partial charge in [0, 0.05) is 38.8 Å². The van der Waals surface area contributed by atoms with Crippen molar-refractivity contribution in [2.45, 2.75) is 19.3 Å². The van der Waals surface area contributed by atoms with Crippen LogP contribution in [0, 0.1) is 0 Å². The van der Waals surface area contributed by atoms with Crippen LogP contribution in [0.5, 0.6) is 0 Å². The van der Waals surface area contributed by atoms with Gasteiger partial charge in [0.1, 0.15) is 0 Å². The Labute approximate surface area is 381 Å². The second kappa shape index (κ2) is 15.6. The molecule has 1 aliphatic carbocycles. The van der Waals surface area contributed by atoms with E-state index in [1.807, 2.05) is 0 Å². The van der Waals surface area contributed by atoms with E-state index in [0.29, 0.717) is 0 Å². The van der Waals surface area contributed by atoms with E-state index in [0.717, 1.165) is 28.3 Å². The topological polar surface area (TPSA) is 8.17 Å². The number of anilines is 3. The summed E-state index contributed by atoms with van der Waals surface area (Å²) in [7, 11) is 0. The van der Waals surface area contributed by atoms with Gasteiger partial charge in [0.25, 0.3) is 0 Å². The van der Waals surface area contributed by atoms with Gasteiger partial charge in [-0.25, -0.2) is 0 Å². The third kappa shape index (κ3) is 6.49. The van der Waals surface area contributed by atoms with Gasteiger partial charge in [-0.1, -0.05) is 190 Å². The number of benzene rings is 10. The van der Waals surface area contributed by atoms with E-state index in [2.05, 4.69) is 266 Å². The average Bonchev–Trinajstić information content (AvgIpc) is 3.83. The SMILES string of the molecule is CC1(C)c2cc(-c3ccccc3)ccc2-c2ccc(N(c3ccccc3)c3ccc(-c4ccccc4-n4c5ccccc5c5c(-c6cccc(-c7ccccc7)c6)cccc54)cc3)cc21. The standard InChI is InChI=1S/C63H46N2/c1-63(2)57-41-47(44-20-8-4-9-21-44)34-38-54(57)55-39-37-51(42-58(55)63)64(49-24-10-5-11-25-49)50-35-32-45(33-36-50)52-26-12-14-29-59(52)65-60-30-15-13-27-56(60)62-53(28-17-31-61(62)65)48-23-16-22-46(40-48)43-18-6-3-7-19-43/h3-42H,1-2H3. The van der Waals surface area contributed by atoms with E-state index in [4.69, 9.17) is 0 Å². The second-order valence-corrected chi connectivity index (χ2v) is 17.7. The molecule has 0 unspecified atom stereocenters. The summed E-state index contributed by atoms with van der Waals surface area (Å²) in [5, 5.41) is 2.50. The van der Waals surface area contributed by atoms with Crippen LogP contribution in [0.4, 0.5) is 17.1 Å². The Bertz CT molecular complexity index is 3550. The zero-order valence-electron chi connectivity index (χ0n) is 36.5. The van der Waals surface area contributed by atoms with Crippen molar-refractivity contribution in [1.82, 2.24) is 4.57 Å². The highest BCUT2D eigenvalue weighted by atomic mass is 15.1. The number of aromatic nitrogens is 1. The molecule has 308 valence electrons. The molecule has 2 nitrogen and oxygen atoms in total. The normalized spacial score (nSPS) is 12.6. The lowest BCUT2D eigenvalue weighted by molar-refractivity contribution is 0.660. The minimum Gasteiger partial charge on any atom is -0.310 e. The van der Waals surface area contributed by atoms with E-state index < -0.39 is 0 Å². The monoisotopic (exact) mass is 830 g/mol. The fraction of sp³-hybridized carbons (Fsp3) is 0.0476. The lowest BCUT2D eigenvalue weighted by Gasteiger charge is -2.28. The van der Waals surface area contributed by atoms with Gasteiger partial charge in [-0.05, 0) is 128 Å². The maximum Gasteiger partial charge on any atom is 0.0547 e. The van der Waals surface area contributed by atoms with Gasteiger partial charge in [0.05, 0.1) is 16.7 Å². The molecule has 0 saturated heterocycles. The smallest absolute Gasteiger partial charge is 0.0547 e. The van der Waals surface area contributed by atoms with Crippen molar-refractivity contribution in [3.63, 3.8) is 0 Å². The molecule has 11 aromatic rings. The first-order chi connectivity index (χ1) is 32.0. The molecule has 0 saturated carbocycles. The molecule has 1 aromatic heterocycles. The van der Waals surface area contributed by atoms with Crippen molar-refractivity contribution < 1.29 is 0 Å². The lowest BCUT2D eigenvalue weighted by Crippen LogP contribution is -2.16. The molecule has 65 heavy (non-hydrogen) atoms. The lowest BCUT2D eigenvalue weighted by atomic mass is 9.81. The number of nitrogens with zero attached hydrogens (tertiary/aromatic N) is 2. The summed E-state index contributed by atoms with van der Waals surface area (Å²) in [6.45, 7) is 4.74.